The van der Waals surface area contributed by atoms with Crippen molar-refractivity contribution >= 4 is 0 Å². The molecule has 1 aliphatic carbocycles. The Hall–Kier alpha value is -1.12. The molecule has 0 bridgehead atoms. The summed E-state index contributed by atoms with van der Waals surface area (Å²) in [7, 11) is 0. The zero-order valence-electron chi connectivity index (χ0n) is 7.16. The number of hydrogen-bond acceptors (Lipinski definition) is 3. The maximum Gasteiger partial charge on any atom is 0.233 e. The van der Waals surface area contributed by atoms with E-state index in [0.717, 1.165) is 18.2 Å². The van der Waals surface area contributed by atoms with Crippen LogP contribution in [0.15, 0.2) is 12.1 Å². The lowest BCUT2D eigenvalue weighted by Gasteiger charge is -2.01. The third-order valence-corrected chi connectivity index (χ3v) is 1.94. The fourth-order valence-corrected chi connectivity index (χ4v) is 0.951. The van der Waals surface area contributed by atoms with Gasteiger partial charge in [-0.25, -0.2) is 0 Å². The van der Waals surface area contributed by atoms with Crippen molar-refractivity contribution in [3.05, 3.63) is 17.8 Å². The predicted molar refractivity (Wildman–Crippen MR) is 45.0 cm³/mol. The van der Waals surface area contributed by atoms with Crippen LogP contribution in [0.5, 0.6) is 5.88 Å². The van der Waals surface area contributed by atoms with Gasteiger partial charge in [-0.15, -0.1) is 5.10 Å². The normalized spacial score (nSPS) is 16.1. The summed E-state index contributed by atoms with van der Waals surface area (Å²) in [6.07, 6.45) is 2.61. The highest BCUT2D eigenvalue weighted by Gasteiger charge is 2.21. The van der Waals surface area contributed by atoms with E-state index in [0.29, 0.717) is 5.88 Å². The van der Waals surface area contributed by atoms with Crippen molar-refractivity contribution in [2.45, 2.75) is 19.8 Å². The number of nitrogens with zero attached hydrogens (tertiary/aromatic N) is 2. The maximum absolute atomic E-state index is 5.41. The Balaban J connectivity index is 1.89. The summed E-state index contributed by atoms with van der Waals surface area (Å²) in [5.41, 5.74) is 0.925. The van der Waals surface area contributed by atoms with Crippen molar-refractivity contribution in [1.29, 1.82) is 0 Å². The topological polar surface area (TPSA) is 35.0 Å². The van der Waals surface area contributed by atoms with Crippen molar-refractivity contribution in [2.24, 2.45) is 5.92 Å². The Bertz CT molecular complexity index is 254. The molecule has 0 atom stereocenters. The van der Waals surface area contributed by atoms with Crippen LogP contribution in [0, 0.1) is 12.8 Å². The molecule has 3 nitrogen and oxygen atoms in total. The van der Waals surface area contributed by atoms with Crippen LogP contribution >= 0.6 is 0 Å². The van der Waals surface area contributed by atoms with Gasteiger partial charge in [-0.1, -0.05) is 0 Å². The second-order valence-electron chi connectivity index (χ2n) is 3.27. The highest BCUT2D eigenvalue weighted by atomic mass is 16.5. The number of rotatable bonds is 3. The second kappa shape index (κ2) is 3.09. The van der Waals surface area contributed by atoms with Gasteiger partial charge in [0.15, 0.2) is 0 Å². The Morgan fingerprint density at radius 2 is 2.25 bits per heavy atom. The van der Waals surface area contributed by atoms with Crippen LogP contribution in [0.25, 0.3) is 0 Å². The van der Waals surface area contributed by atoms with Gasteiger partial charge < -0.3 is 4.74 Å². The molecule has 64 valence electrons. The molecule has 0 amide bonds. The van der Waals surface area contributed by atoms with Crippen LogP contribution in [0.3, 0.4) is 0 Å². The van der Waals surface area contributed by atoms with Gasteiger partial charge in [-0.3, -0.25) is 0 Å². The molecule has 1 heterocycles. The first-order valence-corrected chi connectivity index (χ1v) is 4.28. The number of aromatic nitrogens is 2. The minimum absolute atomic E-state index is 0.646. The van der Waals surface area contributed by atoms with Crippen LogP contribution in [-0.4, -0.2) is 16.8 Å². The Morgan fingerprint density at radius 1 is 1.42 bits per heavy atom. The summed E-state index contributed by atoms with van der Waals surface area (Å²) < 4.78 is 5.41. The maximum atomic E-state index is 5.41. The summed E-state index contributed by atoms with van der Waals surface area (Å²) in [4.78, 5) is 0. The summed E-state index contributed by atoms with van der Waals surface area (Å²) in [5.74, 6) is 1.42. The van der Waals surface area contributed by atoms with E-state index in [9.17, 15) is 0 Å². The molecular weight excluding hydrogens is 152 g/mol. The van der Waals surface area contributed by atoms with Gasteiger partial charge in [-0.05, 0) is 31.7 Å². The molecule has 1 aromatic rings. The smallest absolute Gasteiger partial charge is 0.233 e. The molecule has 0 radical (unpaired) electrons. The molecule has 0 spiro atoms. The van der Waals surface area contributed by atoms with Gasteiger partial charge in [0.05, 0.1) is 12.3 Å². The van der Waals surface area contributed by atoms with Crippen molar-refractivity contribution in [2.75, 3.05) is 6.61 Å². The molecule has 0 aromatic carbocycles. The van der Waals surface area contributed by atoms with Crippen LogP contribution in [0.4, 0.5) is 0 Å². The van der Waals surface area contributed by atoms with E-state index in [2.05, 4.69) is 10.2 Å². The average Bonchev–Trinajstić information content (AvgIpc) is 2.87. The summed E-state index contributed by atoms with van der Waals surface area (Å²) in [6, 6.07) is 3.78. The van der Waals surface area contributed by atoms with E-state index in [1.54, 1.807) is 0 Å². The molecule has 2 rings (SSSR count). The number of aryl methyl sites for hydroxylation is 1. The standard InChI is InChI=1S/C9H12N2O/c1-7-2-5-9(11-10-7)12-6-8-3-4-8/h2,5,8H,3-4,6H2,1H3. The Morgan fingerprint density at radius 3 is 2.83 bits per heavy atom. The minimum Gasteiger partial charge on any atom is -0.476 e. The lowest BCUT2D eigenvalue weighted by atomic mass is 10.4. The largest absolute Gasteiger partial charge is 0.476 e. The third kappa shape index (κ3) is 1.94. The summed E-state index contributed by atoms with van der Waals surface area (Å²) >= 11 is 0. The minimum atomic E-state index is 0.646. The van der Waals surface area contributed by atoms with E-state index in [1.165, 1.54) is 12.8 Å². The molecule has 0 saturated heterocycles. The number of ether oxygens (including phenoxy) is 1. The van der Waals surface area contributed by atoms with Crippen LogP contribution in [0.2, 0.25) is 0 Å². The molecule has 12 heavy (non-hydrogen) atoms. The Kier molecular flexibility index (Phi) is 1.94. The fraction of sp³-hybridized carbons (Fsp3) is 0.556. The van der Waals surface area contributed by atoms with Gasteiger partial charge in [0.1, 0.15) is 0 Å². The predicted octanol–water partition coefficient (Wildman–Crippen LogP) is 1.57. The average molecular weight is 164 g/mol. The van der Waals surface area contributed by atoms with Crippen LogP contribution < -0.4 is 4.74 Å². The lowest BCUT2D eigenvalue weighted by Crippen LogP contribution is -2.01. The molecular formula is C9H12N2O. The molecule has 0 aliphatic heterocycles. The summed E-state index contributed by atoms with van der Waals surface area (Å²) in [5, 5.41) is 7.81. The first-order chi connectivity index (χ1) is 5.84. The Labute approximate surface area is 71.8 Å². The zero-order chi connectivity index (χ0) is 8.39. The van der Waals surface area contributed by atoms with Gasteiger partial charge >= 0.3 is 0 Å². The zero-order valence-corrected chi connectivity index (χ0v) is 7.16. The van der Waals surface area contributed by atoms with Crippen molar-refractivity contribution in [1.82, 2.24) is 10.2 Å². The van der Waals surface area contributed by atoms with Crippen LogP contribution in [0.1, 0.15) is 18.5 Å². The molecule has 1 aliphatic rings. The molecule has 0 N–H and O–H groups in total. The van der Waals surface area contributed by atoms with Crippen molar-refractivity contribution in [3.8, 4) is 5.88 Å². The lowest BCUT2D eigenvalue weighted by molar-refractivity contribution is 0.285. The first kappa shape index (κ1) is 7.53. The SMILES string of the molecule is Cc1ccc(OCC2CC2)nn1. The van der Waals surface area contributed by atoms with E-state index in [-0.39, 0.29) is 0 Å². The van der Waals surface area contributed by atoms with Gasteiger partial charge in [-0.2, -0.15) is 5.10 Å². The van der Waals surface area contributed by atoms with E-state index in [4.69, 9.17) is 4.74 Å². The third-order valence-electron chi connectivity index (χ3n) is 1.94. The van der Waals surface area contributed by atoms with E-state index in [1.807, 2.05) is 19.1 Å². The van der Waals surface area contributed by atoms with Gasteiger partial charge in [0, 0.05) is 6.07 Å². The molecule has 3 heteroatoms. The monoisotopic (exact) mass is 164 g/mol. The number of hydrogen-bond donors (Lipinski definition) is 0. The highest BCUT2D eigenvalue weighted by molar-refractivity contribution is 5.10. The van der Waals surface area contributed by atoms with E-state index >= 15 is 0 Å². The quantitative estimate of drug-likeness (QED) is 0.680. The van der Waals surface area contributed by atoms with E-state index < -0.39 is 0 Å². The fourth-order valence-electron chi connectivity index (χ4n) is 0.951. The molecule has 1 aromatic heterocycles. The molecule has 0 unspecified atom stereocenters. The second-order valence-corrected chi connectivity index (χ2v) is 3.27. The van der Waals surface area contributed by atoms with Gasteiger partial charge in [0.2, 0.25) is 5.88 Å². The first-order valence-electron chi connectivity index (χ1n) is 4.28. The molecule has 1 saturated carbocycles. The van der Waals surface area contributed by atoms with Crippen molar-refractivity contribution < 1.29 is 4.74 Å². The van der Waals surface area contributed by atoms with Crippen LogP contribution in [-0.2, 0) is 0 Å². The molecule has 1 fully saturated rings. The van der Waals surface area contributed by atoms with Crippen molar-refractivity contribution in [3.63, 3.8) is 0 Å². The highest BCUT2D eigenvalue weighted by Crippen LogP contribution is 2.28. The van der Waals surface area contributed by atoms with Gasteiger partial charge in [0.25, 0.3) is 0 Å². The summed E-state index contributed by atoms with van der Waals surface area (Å²) in [6.45, 7) is 2.72.